The van der Waals surface area contributed by atoms with Crippen molar-refractivity contribution in [2.45, 2.75) is 18.4 Å². The average Bonchev–Trinajstić information content (AvgIpc) is 2.76. The minimum atomic E-state index is -4.08. The predicted octanol–water partition coefficient (Wildman–Crippen LogP) is 5.43. The number of carbonyl (C=O) groups is 2. The van der Waals surface area contributed by atoms with Crippen LogP contribution in [0.1, 0.15) is 12.5 Å². The lowest BCUT2D eigenvalue weighted by molar-refractivity contribution is -0.116. The molecule has 0 heterocycles. The molecule has 7 nitrogen and oxygen atoms in total. The van der Waals surface area contributed by atoms with Gasteiger partial charge < -0.3 is 10.6 Å². The molecule has 0 fully saturated rings. The van der Waals surface area contributed by atoms with Crippen LogP contribution >= 0.6 is 34.8 Å². The van der Waals surface area contributed by atoms with Gasteiger partial charge >= 0.3 is 0 Å². The monoisotopic (exact) mass is 539 g/mol. The maximum Gasteiger partial charge on any atom is 0.243 e. The van der Waals surface area contributed by atoms with Gasteiger partial charge in [-0.05, 0) is 66.2 Å². The number of halogens is 3. The maximum atomic E-state index is 13.4. The molecule has 0 radical (unpaired) electrons. The molecule has 34 heavy (non-hydrogen) atoms. The molecule has 0 aliphatic heterocycles. The fourth-order valence-electron chi connectivity index (χ4n) is 3.02. The van der Waals surface area contributed by atoms with Crippen molar-refractivity contribution in [3.05, 3.63) is 87.4 Å². The van der Waals surface area contributed by atoms with Crippen LogP contribution in [-0.4, -0.2) is 31.1 Å². The molecule has 3 aromatic carbocycles. The van der Waals surface area contributed by atoms with Gasteiger partial charge in [-0.1, -0.05) is 40.9 Å². The van der Waals surface area contributed by atoms with E-state index in [1.54, 1.807) is 36.4 Å². The molecule has 3 aromatic rings. The van der Waals surface area contributed by atoms with Crippen molar-refractivity contribution >= 4 is 68.0 Å². The van der Waals surface area contributed by atoms with Crippen molar-refractivity contribution < 1.29 is 18.0 Å². The summed E-state index contributed by atoms with van der Waals surface area (Å²) in [7, 11) is -4.08. The normalized spacial score (nSPS) is 11.3. The Morgan fingerprint density at radius 2 is 1.38 bits per heavy atom. The summed E-state index contributed by atoms with van der Waals surface area (Å²) < 4.78 is 27.7. The van der Waals surface area contributed by atoms with Crippen LogP contribution in [0.4, 0.5) is 11.4 Å². The van der Waals surface area contributed by atoms with Crippen LogP contribution in [0.25, 0.3) is 0 Å². The quantitative estimate of drug-likeness (QED) is 0.398. The summed E-state index contributed by atoms with van der Waals surface area (Å²) in [6.07, 6.45) is 0. The molecule has 3 rings (SSSR count). The third kappa shape index (κ3) is 6.94. The number of hydrogen-bond donors (Lipinski definition) is 2. The summed E-state index contributed by atoms with van der Waals surface area (Å²) in [5.74, 6) is -0.782. The number of nitrogens with zero attached hydrogens (tertiary/aromatic N) is 1. The number of sulfonamides is 1. The number of benzene rings is 3. The van der Waals surface area contributed by atoms with Crippen LogP contribution in [0, 0.1) is 0 Å². The summed E-state index contributed by atoms with van der Waals surface area (Å²) in [4.78, 5) is 23.9. The first kappa shape index (κ1) is 26.0. The van der Waals surface area contributed by atoms with E-state index in [2.05, 4.69) is 10.6 Å². The highest BCUT2D eigenvalue weighted by atomic mass is 35.5. The van der Waals surface area contributed by atoms with Crippen molar-refractivity contribution in [2.24, 2.45) is 0 Å². The highest BCUT2D eigenvalue weighted by Gasteiger charge is 2.27. The lowest BCUT2D eigenvalue weighted by Gasteiger charge is -2.22. The number of amides is 2. The van der Waals surface area contributed by atoms with E-state index >= 15 is 0 Å². The summed E-state index contributed by atoms with van der Waals surface area (Å²) >= 11 is 18.1. The molecule has 11 heteroatoms. The molecule has 0 atom stereocenters. The van der Waals surface area contributed by atoms with Gasteiger partial charge in [0.2, 0.25) is 21.8 Å². The van der Waals surface area contributed by atoms with E-state index in [0.29, 0.717) is 27.0 Å². The van der Waals surface area contributed by atoms with Crippen LogP contribution in [0.15, 0.2) is 71.6 Å². The van der Waals surface area contributed by atoms with E-state index < -0.39 is 22.5 Å². The van der Waals surface area contributed by atoms with Crippen LogP contribution in [0.2, 0.25) is 15.1 Å². The molecule has 0 saturated heterocycles. The van der Waals surface area contributed by atoms with E-state index in [4.69, 9.17) is 34.8 Å². The molecule has 2 N–H and O–H groups in total. The van der Waals surface area contributed by atoms with Gasteiger partial charge in [0.1, 0.15) is 0 Å². The summed E-state index contributed by atoms with van der Waals surface area (Å²) in [6, 6.07) is 16.8. The Morgan fingerprint density at radius 3 is 1.94 bits per heavy atom. The molecule has 0 aliphatic rings. The van der Waals surface area contributed by atoms with E-state index in [9.17, 15) is 18.0 Å². The lowest BCUT2D eigenvalue weighted by atomic mass is 10.2. The van der Waals surface area contributed by atoms with Crippen LogP contribution in [0.5, 0.6) is 0 Å². The third-order valence-corrected chi connectivity index (χ3v) is 7.27. The zero-order valence-electron chi connectivity index (χ0n) is 17.9. The van der Waals surface area contributed by atoms with Gasteiger partial charge in [0.15, 0.2) is 0 Å². The molecule has 0 saturated carbocycles. The van der Waals surface area contributed by atoms with Crippen molar-refractivity contribution in [1.82, 2.24) is 4.31 Å². The van der Waals surface area contributed by atoms with E-state index in [-0.39, 0.29) is 22.4 Å². The second kappa shape index (κ2) is 11.2. The summed E-state index contributed by atoms with van der Waals surface area (Å²) in [5, 5.41) is 6.35. The van der Waals surface area contributed by atoms with Crippen LogP contribution in [0.3, 0.4) is 0 Å². The minimum absolute atomic E-state index is 0.0190. The van der Waals surface area contributed by atoms with Crippen molar-refractivity contribution in [2.75, 3.05) is 17.2 Å². The zero-order chi connectivity index (χ0) is 24.9. The largest absolute Gasteiger partial charge is 0.326 e. The molecule has 2 amide bonds. The Balaban J connectivity index is 1.84. The van der Waals surface area contributed by atoms with Crippen LogP contribution < -0.4 is 10.6 Å². The molecule has 0 spiro atoms. The minimum Gasteiger partial charge on any atom is -0.326 e. The van der Waals surface area contributed by atoms with Gasteiger partial charge in [0.05, 0.1) is 11.4 Å². The number of anilines is 2. The average molecular weight is 541 g/mol. The van der Waals surface area contributed by atoms with Gasteiger partial charge in [-0.2, -0.15) is 4.31 Å². The van der Waals surface area contributed by atoms with E-state index in [0.717, 1.165) is 4.31 Å². The smallest absolute Gasteiger partial charge is 0.243 e. The lowest BCUT2D eigenvalue weighted by Crippen LogP contribution is -2.37. The van der Waals surface area contributed by atoms with E-state index in [1.807, 2.05) is 0 Å². The highest BCUT2D eigenvalue weighted by Crippen LogP contribution is 2.26. The molecule has 0 aliphatic carbocycles. The van der Waals surface area contributed by atoms with Crippen molar-refractivity contribution in [3.8, 4) is 0 Å². The standard InChI is InChI=1S/C23H20Cl3N3O4S/c1-15(30)27-19-6-8-20(9-7-19)28-23(31)14-29(13-16-2-3-18(25)12-22(16)26)34(32,33)21-10-4-17(24)5-11-21/h2-12H,13-14H2,1H3,(H,27,30)(H,28,31). The summed E-state index contributed by atoms with van der Waals surface area (Å²) in [5.41, 5.74) is 1.48. The van der Waals surface area contributed by atoms with Crippen LogP contribution in [-0.2, 0) is 26.2 Å². The molecule has 0 unspecified atom stereocenters. The molecular weight excluding hydrogens is 521 g/mol. The molecule has 0 aromatic heterocycles. The Hall–Kier alpha value is -2.62. The zero-order valence-corrected chi connectivity index (χ0v) is 21.0. The molecule has 0 bridgehead atoms. The fraction of sp³-hybridized carbons (Fsp3) is 0.130. The predicted molar refractivity (Wildman–Crippen MR) is 135 cm³/mol. The first-order valence-corrected chi connectivity index (χ1v) is 12.5. The van der Waals surface area contributed by atoms with Gasteiger partial charge in [-0.25, -0.2) is 8.42 Å². The van der Waals surface area contributed by atoms with E-state index in [1.165, 1.54) is 37.3 Å². The second-order valence-corrected chi connectivity index (χ2v) is 10.5. The van der Waals surface area contributed by atoms with Gasteiger partial charge in [-0.3, -0.25) is 9.59 Å². The Morgan fingerprint density at radius 1 is 0.824 bits per heavy atom. The maximum absolute atomic E-state index is 13.4. The number of carbonyl (C=O) groups excluding carboxylic acids is 2. The first-order chi connectivity index (χ1) is 16.0. The van der Waals surface area contributed by atoms with Crippen molar-refractivity contribution in [1.29, 1.82) is 0 Å². The SMILES string of the molecule is CC(=O)Nc1ccc(NC(=O)CN(Cc2ccc(Cl)cc2Cl)S(=O)(=O)c2ccc(Cl)cc2)cc1. The number of hydrogen-bond acceptors (Lipinski definition) is 4. The van der Waals surface area contributed by atoms with Gasteiger partial charge in [0.25, 0.3) is 0 Å². The van der Waals surface area contributed by atoms with Gasteiger partial charge in [-0.15, -0.1) is 0 Å². The number of nitrogens with one attached hydrogen (secondary N) is 2. The van der Waals surface area contributed by atoms with Crippen molar-refractivity contribution in [3.63, 3.8) is 0 Å². The Labute approximate surface area is 212 Å². The van der Waals surface area contributed by atoms with Gasteiger partial charge in [0, 0.05) is 39.9 Å². The third-order valence-electron chi connectivity index (χ3n) is 4.62. The first-order valence-electron chi connectivity index (χ1n) is 9.92. The Bertz CT molecular complexity index is 1300. The molecular formula is C23H20Cl3N3O4S. The summed E-state index contributed by atoms with van der Waals surface area (Å²) in [6.45, 7) is 0.756. The highest BCUT2D eigenvalue weighted by molar-refractivity contribution is 7.89. The molecule has 178 valence electrons. The number of rotatable bonds is 8. The Kier molecular flexibility index (Phi) is 8.57. The topological polar surface area (TPSA) is 95.6 Å². The fourth-order valence-corrected chi connectivity index (χ4v) is 4.99. The second-order valence-electron chi connectivity index (χ2n) is 7.27.